The highest BCUT2D eigenvalue weighted by molar-refractivity contribution is 5.95. The Kier molecular flexibility index (Phi) is 6.14. The van der Waals surface area contributed by atoms with Gasteiger partial charge in [0, 0.05) is 24.4 Å². The molecule has 0 radical (unpaired) electrons. The molecule has 9 nitrogen and oxygen atoms in total. The molecule has 0 saturated heterocycles. The standard InChI is InChI=1S/C18H17F3N6O3/c1-3-30-17-11(5-4-8-22-17)9-23-16(28)12-10-24-27(15(12)18(19,20)21)13-6-7-14(29-2)26-25-13/h4-8,10H,3,9H2,1-2H3,(H,23,28). The molecule has 0 fully saturated rings. The summed E-state index contributed by atoms with van der Waals surface area (Å²) in [5, 5.41) is 13.4. The van der Waals surface area contributed by atoms with Gasteiger partial charge in [0.05, 0.1) is 25.5 Å². The predicted octanol–water partition coefficient (Wildman–Crippen LogP) is 2.41. The van der Waals surface area contributed by atoms with E-state index in [1.807, 2.05) is 0 Å². The number of nitrogens with zero attached hydrogens (tertiary/aromatic N) is 5. The molecule has 0 spiro atoms. The van der Waals surface area contributed by atoms with Gasteiger partial charge in [-0.1, -0.05) is 6.07 Å². The van der Waals surface area contributed by atoms with Crippen molar-refractivity contribution in [2.45, 2.75) is 19.6 Å². The summed E-state index contributed by atoms with van der Waals surface area (Å²) in [4.78, 5) is 16.6. The molecule has 30 heavy (non-hydrogen) atoms. The molecule has 0 unspecified atom stereocenters. The number of hydrogen-bond acceptors (Lipinski definition) is 7. The molecule has 3 rings (SSSR count). The molecule has 1 amide bonds. The molecular formula is C18H17F3N6O3. The maximum Gasteiger partial charge on any atom is 0.434 e. The van der Waals surface area contributed by atoms with E-state index in [4.69, 9.17) is 9.47 Å². The van der Waals surface area contributed by atoms with Gasteiger partial charge in [-0.2, -0.15) is 18.3 Å². The fraction of sp³-hybridized carbons (Fsp3) is 0.278. The highest BCUT2D eigenvalue weighted by Crippen LogP contribution is 2.33. The van der Waals surface area contributed by atoms with Gasteiger partial charge < -0.3 is 14.8 Å². The number of carbonyl (C=O) groups excluding carboxylic acids is 1. The third kappa shape index (κ3) is 4.47. The van der Waals surface area contributed by atoms with Crippen molar-refractivity contribution in [3.8, 4) is 17.6 Å². The summed E-state index contributed by atoms with van der Waals surface area (Å²) < 4.78 is 51.9. The number of halogens is 3. The maximum absolute atomic E-state index is 13.7. The number of ether oxygens (including phenoxy) is 2. The molecule has 0 saturated carbocycles. The van der Waals surface area contributed by atoms with Crippen molar-refractivity contribution in [2.24, 2.45) is 0 Å². The highest BCUT2D eigenvalue weighted by atomic mass is 19.4. The van der Waals surface area contributed by atoms with Crippen molar-refractivity contribution in [3.05, 3.63) is 53.5 Å². The van der Waals surface area contributed by atoms with Gasteiger partial charge >= 0.3 is 6.18 Å². The lowest BCUT2D eigenvalue weighted by atomic mass is 10.2. The summed E-state index contributed by atoms with van der Waals surface area (Å²) in [6.07, 6.45) is -2.52. The molecule has 0 bridgehead atoms. The minimum absolute atomic E-state index is 0.0766. The van der Waals surface area contributed by atoms with E-state index in [0.29, 0.717) is 22.7 Å². The lowest BCUT2D eigenvalue weighted by Crippen LogP contribution is -2.26. The normalized spacial score (nSPS) is 11.2. The molecule has 3 aromatic rings. The Morgan fingerprint density at radius 2 is 2.03 bits per heavy atom. The SMILES string of the molecule is CCOc1ncccc1CNC(=O)c1cnn(-c2ccc(OC)nn2)c1C(F)(F)F. The molecule has 0 aliphatic heterocycles. The van der Waals surface area contributed by atoms with Crippen LogP contribution in [0.4, 0.5) is 13.2 Å². The van der Waals surface area contributed by atoms with E-state index in [-0.39, 0.29) is 18.2 Å². The Hall–Kier alpha value is -3.70. The van der Waals surface area contributed by atoms with Gasteiger partial charge in [-0.15, -0.1) is 10.2 Å². The van der Waals surface area contributed by atoms with Crippen LogP contribution in [0.2, 0.25) is 0 Å². The lowest BCUT2D eigenvalue weighted by Gasteiger charge is -2.13. The maximum atomic E-state index is 13.7. The van der Waals surface area contributed by atoms with Crippen LogP contribution in [-0.4, -0.2) is 44.6 Å². The molecular weight excluding hydrogens is 405 g/mol. The van der Waals surface area contributed by atoms with E-state index in [1.54, 1.807) is 19.1 Å². The smallest absolute Gasteiger partial charge is 0.434 e. The molecule has 158 valence electrons. The topological polar surface area (TPSA) is 104 Å². The fourth-order valence-corrected chi connectivity index (χ4v) is 2.59. The van der Waals surface area contributed by atoms with Crippen LogP contribution in [-0.2, 0) is 12.7 Å². The zero-order chi connectivity index (χ0) is 21.7. The second-order valence-corrected chi connectivity index (χ2v) is 5.83. The largest absolute Gasteiger partial charge is 0.480 e. The molecule has 12 heteroatoms. The highest BCUT2D eigenvalue weighted by Gasteiger charge is 2.41. The number of pyridine rings is 1. The summed E-state index contributed by atoms with van der Waals surface area (Å²) in [5.41, 5.74) is -1.40. The number of amides is 1. The third-order valence-electron chi connectivity index (χ3n) is 3.90. The monoisotopic (exact) mass is 422 g/mol. The Labute approximate surface area is 168 Å². The van der Waals surface area contributed by atoms with Crippen LogP contribution in [0.3, 0.4) is 0 Å². The van der Waals surface area contributed by atoms with Crippen LogP contribution >= 0.6 is 0 Å². The summed E-state index contributed by atoms with van der Waals surface area (Å²) in [6.45, 7) is 2.04. The average molecular weight is 422 g/mol. The van der Waals surface area contributed by atoms with Gasteiger partial charge in [0.15, 0.2) is 11.5 Å². The number of methoxy groups -OCH3 is 1. The van der Waals surface area contributed by atoms with Crippen LogP contribution in [0, 0.1) is 0 Å². The van der Waals surface area contributed by atoms with Crippen LogP contribution in [0.1, 0.15) is 28.5 Å². The molecule has 0 aliphatic rings. The van der Waals surface area contributed by atoms with Gasteiger partial charge in [0.2, 0.25) is 11.8 Å². The Morgan fingerprint density at radius 1 is 1.23 bits per heavy atom. The summed E-state index contributed by atoms with van der Waals surface area (Å²) in [7, 11) is 1.35. The van der Waals surface area contributed by atoms with Gasteiger partial charge in [0.1, 0.15) is 0 Å². The van der Waals surface area contributed by atoms with Crippen molar-refractivity contribution >= 4 is 5.91 Å². The number of hydrogen-bond donors (Lipinski definition) is 1. The first kappa shape index (κ1) is 21.0. The quantitative estimate of drug-likeness (QED) is 0.624. The van der Waals surface area contributed by atoms with E-state index in [2.05, 4.69) is 25.6 Å². The molecule has 3 heterocycles. The van der Waals surface area contributed by atoms with Gasteiger partial charge in [-0.25, -0.2) is 9.67 Å². The first-order valence-electron chi connectivity index (χ1n) is 8.73. The Balaban J connectivity index is 1.88. The molecule has 3 aromatic heterocycles. The summed E-state index contributed by atoms with van der Waals surface area (Å²) in [6, 6.07) is 5.87. The van der Waals surface area contributed by atoms with Gasteiger partial charge in [-0.05, 0) is 19.1 Å². The second-order valence-electron chi connectivity index (χ2n) is 5.83. The number of alkyl halides is 3. The number of aromatic nitrogens is 5. The lowest BCUT2D eigenvalue weighted by molar-refractivity contribution is -0.143. The van der Waals surface area contributed by atoms with Crippen molar-refractivity contribution in [1.82, 2.24) is 30.3 Å². The van der Waals surface area contributed by atoms with Crippen molar-refractivity contribution in [3.63, 3.8) is 0 Å². The van der Waals surface area contributed by atoms with Gasteiger partial charge in [-0.3, -0.25) is 4.79 Å². The van der Waals surface area contributed by atoms with E-state index in [9.17, 15) is 18.0 Å². The minimum atomic E-state index is -4.87. The van der Waals surface area contributed by atoms with E-state index in [1.165, 1.54) is 25.4 Å². The number of carbonyl (C=O) groups is 1. The van der Waals surface area contributed by atoms with Crippen molar-refractivity contribution in [2.75, 3.05) is 13.7 Å². The third-order valence-corrected chi connectivity index (χ3v) is 3.90. The van der Waals surface area contributed by atoms with Crippen LogP contribution < -0.4 is 14.8 Å². The van der Waals surface area contributed by atoms with Crippen molar-refractivity contribution < 1.29 is 27.4 Å². The summed E-state index contributed by atoms with van der Waals surface area (Å²) >= 11 is 0. The zero-order valence-electron chi connectivity index (χ0n) is 16.0. The van der Waals surface area contributed by atoms with Crippen LogP contribution in [0.25, 0.3) is 5.82 Å². The van der Waals surface area contributed by atoms with Crippen molar-refractivity contribution in [1.29, 1.82) is 0 Å². The fourth-order valence-electron chi connectivity index (χ4n) is 2.59. The van der Waals surface area contributed by atoms with E-state index in [0.717, 1.165) is 6.20 Å². The van der Waals surface area contributed by atoms with E-state index < -0.39 is 23.3 Å². The molecule has 0 aromatic carbocycles. The molecule has 0 atom stereocenters. The van der Waals surface area contributed by atoms with Crippen LogP contribution in [0.5, 0.6) is 11.8 Å². The first-order chi connectivity index (χ1) is 14.3. The van der Waals surface area contributed by atoms with E-state index >= 15 is 0 Å². The molecule has 1 N–H and O–H groups in total. The van der Waals surface area contributed by atoms with Gasteiger partial charge in [0.25, 0.3) is 5.91 Å². The van der Waals surface area contributed by atoms with Crippen LogP contribution in [0.15, 0.2) is 36.7 Å². The number of rotatable bonds is 7. The minimum Gasteiger partial charge on any atom is -0.480 e. The summed E-state index contributed by atoms with van der Waals surface area (Å²) in [5.74, 6) is -0.756. The second kappa shape index (κ2) is 8.76. The number of nitrogens with one attached hydrogen (secondary N) is 1. The molecule has 0 aliphatic carbocycles. The first-order valence-corrected chi connectivity index (χ1v) is 8.73. The zero-order valence-corrected chi connectivity index (χ0v) is 16.0. The Morgan fingerprint density at radius 3 is 2.67 bits per heavy atom. The Bertz CT molecular complexity index is 1020. The average Bonchev–Trinajstić information content (AvgIpc) is 3.19. The predicted molar refractivity (Wildman–Crippen MR) is 97.3 cm³/mol.